The van der Waals surface area contributed by atoms with Gasteiger partial charge in [-0.2, -0.15) is 0 Å². The summed E-state index contributed by atoms with van der Waals surface area (Å²) in [6.07, 6.45) is 0. The van der Waals surface area contributed by atoms with Crippen molar-refractivity contribution >= 4 is 109 Å². The van der Waals surface area contributed by atoms with Crippen molar-refractivity contribution in [2.24, 2.45) is 0 Å². The second-order valence-electron chi connectivity index (χ2n) is 36.0. The minimum atomic E-state index is -0.580. The molecular formula is C130H84N4. The van der Waals surface area contributed by atoms with Gasteiger partial charge in [0.2, 0.25) is 0 Å². The predicted octanol–water partition coefficient (Wildman–Crippen LogP) is 33.5. The quantitative estimate of drug-likeness (QED) is 0.116. The third kappa shape index (κ3) is 11.5. The van der Waals surface area contributed by atoms with Crippen molar-refractivity contribution in [3.63, 3.8) is 0 Å². The predicted molar refractivity (Wildman–Crippen MR) is 562 cm³/mol. The maximum absolute atomic E-state index is 2.56. The smallest absolute Gasteiger partial charge is 0.0734 e. The highest BCUT2D eigenvalue weighted by atomic mass is 15.0. The van der Waals surface area contributed by atoms with Crippen molar-refractivity contribution in [1.82, 2.24) is 18.3 Å². The SMILES string of the molecule is c1ccc(-c2cccc(-n3c4ccc(-c5ccc6c(c5)c5ccccc5n6-c5cccc6ccccc56)cc4c4ccc5c(c43)-c3ccccc3C5(c3ccccc3)c3ccccc3)c2)cc1.c1ccc(-c2cccc(-n3c4ccc(-c5ccc6c(c5)c5ccccc5n6-c5cccc6ccccc56)cc4c4ccc5c(c43)C(c3ccccc3)(c3ccccc3)c3ccccc3-5)c2)cc1. The molecular weight excluding hydrogens is 1620 g/mol. The van der Waals surface area contributed by atoms with E-state index >= 15 is 0 Å². The molecule has 0 N–H and O–H groups in total. The standard InChI is InChI=1S/2C65H42N2/c1-4-18-43(19-5-1)45-22-16-27-50(40-45)66-61-38-34-47(46-35-39-62-55(41-46)52-29-13-15-32-60(52)67(62)59-33-17-21-44-20-10-11-28-51(44)59)42-56(61)53-36-37-58-63(64(53)66)54-30-12-14-31-57(54)65(58,48-23-6-2-7-24-48)49-25-8-3-9-26-49;1-4-18-43(19-5-1)45-22-16-27-50(40-45)66-61-38-34-47(46-35-39-62-56(41-46)53-30-13-15-32-60(53)67(62)59-33-17-21-44-20-10-11-28-51(44)59)42-57(61)55-37-36-54-52-29-12-14-31-58(52)65(63(54)64(55)66,48-23-6-2-7-24-48)49-25-8-3-9-26-49/h2*1-42H. The van der Waals surface area contributed by atoms with Gasteiger partial charge >= 0.3 is 0 Å². The minimum Gasteiger partial charge on any atom is -0.309 e. The molecule has 4 nitrogen and oxygen atoms in total. The molecule has 22 aromatic carbocycles. The van der Waals surface area contributed by atoms with Crippen molar-refractivity contribution in [2.45, 2.75) is 10.8 Å². The van der Waals surface area contributed by atoms with Gasteiger partial charge in [0.05, 0.1) is 66.3 Å². The normalized spacial score (nSPS) is 12.9. The van der Waals surface area contributed by atoms with E-state index in [1.54, 1.807) is 0 Å². The van der Waals surface area contributed by atoms with Crippen LogP contribution in [0.4, 0.5) is 0 Å². The minimum absolute atomic E-state index is 0.512. The summed E-state index contributed by atoms with van der Waals surface area (Å²) < 4.78 is 10.00. The Morgan fingerprint density at radius 1 is 0.157 bits per heavy atom. The van der Waals surface area contributed by atoms with Gasteiger partial charge in [-0.15, -0.1) is 0 Å². The molecule has 134 heavy (non-hydrogen) atoms. The van der Waals surface area contributed by atoms with Gasteiger partial charge < -0.3 is 18.3 Å². The summed E-state index contributed by atoms with van der Waals surface area (Å²) in [6, 6.07) is 189. The number of rotatable bonds is 12. The molecule has 26 aromatic rings. The van der Waals surface area contributed by atoms with Crippen molar-refractivity contribution in [2.75, 3.05) is 0 Å². The van der Waals surface area contributed by atoms with Gasteiger partial charge in [-0.25, -0.2) is 0 Å². The first-order chi connectivity index (χ1) is 66.5. The molecule has 4 aromatic heterocycles. The zero-order valence-electron chi connectivity index (χ0n) is 73.3. The largest absolute Gasteiger partial charge is 0.309 e. The molecule has 4 heteroatoms. The van der Waals surface area contributed by atoms with E-state index in [2.05, 4.69) is 528 Å². The fourth-order valence-corrected chi connectivity index (χ4v) is 23.5. The molecule has 28 rings (SSSR count). The van der Waals surface area contributed by atoms with E-state index in [4.69, 9.17) is 0 Å². The first-order valence-corrected chi connectivity index (χ1v) is 46.5. The van der Waals surface area contributed by atoms with E-state index in [9.17, 15) is 0 Å². The number of fused-ring (bicyclic) bond motifs is 22. The summed E-state index contributed by atoms with van der Waals surface area (Å²) in [5.41, 5.74) is 38.1. The Bertz CT molecular complexity index is 9140. The van der Waals surface area contributed by atoms with Crippen LogP contribution in [0, 0.1) is 0 Å². The summed E-state index contributed by atoms with van der Waals surface area (Å²) in [6.45, 7) is 0. The molecule has 0 spiro atoms. The molecule has 0 saturated heterocycles. The van der Waals surface area contributed by atoms with Crippen LogP contribution in [0.25, 0.3) is 198 Å². The summed E-state index contributed by atoms with van der Waals surface area (Å²) in [5, 5.41) is 14.9. The Morgan fingerprint density at radius 2 is 0.478 bits per heavy atom. The highest BCUT2D eigenvalue weighted by molar-refractivity contribution is 6.20. The second kappa shape index (κ2) is 30.6. The van der Waals surface area contributed by atoms with Gasteiger partial charge in [0.1, 0.15) is 0 Å². The second-order valence-corrected chi connectivity index (χ2v) is 36.0. The maximum Gasteiger partial charge on any atom is 0.0734 e. The third-order valence-electron chi connectivity index (χ3n) is 29.1. The van der Waals surface area contributed by atoms with Crippen molar-refractivity contribution < 1.29 is 0 Å². The van der Waals surface area contributed by atoms with Crippen LogP contribution in [0.15, 0.2) is 510 Å². The molecule has 624 valence electrons. The van der Waals surface area contributed by atoms with E-state index in [0.717, 1.165) is 11.4 Å². The number of hydrogen-bond donors (Lipinski definition) is 0. The van der Waals surface area contributed by atoms with Gasteiger partial charge in [-0.05, 0) is 208 Å². The van der Waals surface area contributed by atoms with Crippen molar-refractivity contribution in [3.05, 3.63) is 554 Å². The van der Waals surface area contributed by atoms with E-state index in [-0.39, 0.29) is 0 Å². The Balaban J connectivity index is 0.000000136. The summed E-state index contributed by atoms with van der Waals surface area (Å²) in [4.78, 5) is 0. The fourth-order valence-electron chi connectivity index (χ4n) is 23.5. The van der Waals surface area contributed by atoms with Crippen LogP contribution >= 0.6 is 0 Å². The Kier molecular flexibility index (Phi) is 17.5. The lowest BCUT2D eigenvalue weighted by Gasteiger charge is -2.34. The lowest BCUT2D eigenvalue weighted by Crippen LogP contribution is -2.29. The molecule has 0 amide bonds. The maximum atomic E-state index is 2.56. The number of benzene rings is 22. The highest BCUT2D eigenvalue weighted by Crippen LogP contribution is 2.62. The van der Waals surface area contributed by atoms with E-state index in [1.165, 1.54) is 231 Å². The van der Waals surface area contributed by atoms with Gasteiger partial charge in [0, 0.05) is 76.4 Å². The summed E-state index contributed by atoms with van der Waals surface area (Å²) in [5.74, 6) is 0. The van der Waals surface area contributed by atoms with Gasteiger partial charge in [0.25, 0.3) is 0 Å². The molecule has 0 bridgehead atoms. The zero-order valence-corrected chi connectivity index (χ0v) is 73.3. The molecule has 0 saturated carbocycles. The first kappa shape index (κ1) is 76.6. The highest BCUT2D eigenvalue weighted by Gasteiger charge is 2.50. The molecule has 0 fully saturated rings. The Morgan fingerprint density at radius 3 is 0.948 bits per heavy atom. The van der Waals surface area contributed by atoms with Crippen LogP contribution in [0.1, 0.15) is 44.5 Å². The molecule has 4 heterocycles. The first-order valence-electron chi connectivity index (χ1n) is 46.5. The van der Waals surface area contributed by atoms with E-state index in [0.29, 0.717) is 0 Å². The lowest BCUT2D eigenvalue weighted by atomic mass is 9.67. The van der Waals surface area contributed by atoms with Gasteiger partial charge in [-0.3, -0.25) is 0 Å². The summed E-state index contributed by atoms with van der Waals surface area (Å²) >= 11 is 0. The van der Waals surface area contributed by atoms with Gasteiger partial charge in [-0.1, -0.05) is 413 Å². The molecule has 0 aliphatic heterocycles. The number of aromatic nitrogens is 4. The zero-order chi connectivity index (χ0) is 88.1. The number of hydrogen-bond acceptors (Lipinski definition) is 0. The van der Waals surface area contributed by atoms with Crippen LogP contribution in [0.3, 0.4) is 0 Å². The lowest BCUT2D eigenvalue weighted by molar-refractivity contribution is 0.769. The van der Waals surface area contributed by atoms with Crippen LogP contribution in [-0.4, -0.2) is 18.3 Å². The summed E-state index contributed by atoms with van der Waals surface area (Å²) in [7, 11) is 0. The molecule has 2 aliphatic carbocycles. The Labute approximate surface area is 776 Å². The van der Waals surface area contributed by atoms with Gasteiger partial charge in [0.15, 0.2) is 0 Å². The average Bonchev–Trinajstić information content (AvgIpc) is 1.52. The van der Waals surface area contributed by atoms with Crippen LogP contribution in [-0.2, 0) is 10.8 Å². The topological polar surface area (TPSA) is 19.7 Å². The Hall–Kier alpha value is -17.4. The molecule has 0 radical (unpaired) electrons. The van der Waals surface area contributed by atoms with Crippen molar-refractivity contribution in [1.29, 1.82) is 0 Å². The van der Waals surface area contributed by atoms with Crippen LogP contribution in [0.5, 0.6) is 0 Å². The fraction of sp³-hybridized carbons (Fsp3) is 0.0154. The number of para-hydroxylation sites is 2. The number of nitrogens with zero attached hydrogens (tertiary/aromatic N) is 4. The third-order valence-corrected chi connectivity index (χ3v) is 29.1. The monoisotopic (exact) mass is 1700 g/mol. The molecule has 0 unspecified atom stereocenters. The molecule has 2 aliphatic rings. The van der Waals surface area contributed by atoms with E-state index in [1.807, 2.05) is 0 Å². The van der Waals surface area contributed by atoms with Crippen LogP contribution in [0.2, 0.25) is 0 Å². The van der Waals surface area contributed by atoms with Crippen LogP contribution < -0.4 is 0 Å². The average molecular weight is 1700 g/mol. The van der Waals surface area contributed by atoms with Crippen molar-refractivity contribution in [3.8, 4) is 89.5 Å². The molecule has 0 atom stereocenters. The van der Waals surface area contributed by atoms with E-state index < -0.39 is 10.8 Å².